The first-order chi connectivity index (χ1) is 8.27. The van der Waals surface area contributed by atoms with E-state index in [1.807, 2.05) is 5.38 Å². The molecule has 86 valence electrons. The molecule has 0 spiro atoms. The molecular formula is C11H9N3O2S. The van der Waals surface area contributed by atoms with Crippen molar-refractivity contribution in [1.29, 1.82) is 0 Å². The Hall–Kier alpha value is -2.08. The number of nitrogens with zero attached hydrogens (tertiary/aromatic N) is 2. The van der Waals surface area contributed by atoms with E-state index in [1.165, 1.54) is 29.9 Å². The number of carbonyl (C=O) groups is 2. The van der Waals surface area contributed by atoms with Crippen molar-refractivity contribution in [2.75, 3.05) is 6.54 Å². The van der Waals surface area contributed by atoms with Gasteiger partial charge in [-0.3, -0.25) is 14.6 Å². The van der Waals surface area contributed by atoms with Gasteiger partial charge in [-0.2, -0.15) is 0 Å². The maximum absolute atomic E-state index is 11.6. The lowest BCUT2D eigenvalue weighted by Gasteiger charge is -2.02. The molecule has 0 saturated carbocycles. The Morgan fingerprint density at radius 3 is 2.88 bits per heavy atom. The fraction of sp³-hybridized carbons (Fsp3) is 0.0909. The van der Waals surface area contributed by atoms with Crippen LogP contribution in [0.3, 0.4) is 0 Å². The molecule has 17 heavy (non-hydrogen) atoms. The molecule has 0 fully saturated rings. The van der Waals surface area contributed by atoms with Crippen LogP contribution < -0.4 is 5.32 Å². The topological polar surface area (TPSA) is 72.0 Å². The highest BCUT2D eigenvalue weighted by atomic mass is 32.1. The zero-order valence-electron chi connectivity index (χ0n) is 8.79. The normalized spacial score (nSPS) is 9.88. The Morgan fingerprint density at radius 1 is 1.35 bits per heavy atom. The molecule has 2 aromatic rings. The first-order valence-electron chi connectivity index (χ1n) is 4.88. The van der Waals surface area contributed by atoms with Gasteiger partial charge in [-0.05, 0) is 11.4 Å². The third kappa shape index (κ3) is 2.94. The molecule has 0 bridgehead atoms. The fourth-order valence-corrected chi connectivity index (χ4v) is 1.86. The predicted molar refractivity (Wildman–Crippen MR) is 63.0 cm³/mol. The monoisotopic (exact) mass is 247 g/mol. The lowest BCUT2D eigenvalue weighted by molar-refractivity contribution is 0.0902. The molecular weight excluding hydrogens is 238 g/mol. The molecule has 0 saturated heterocycles. The summed E-state index contributed by atoms with van der Waals surface area (Å²) in [6.45, 7) is -0.0318. The number of rotatable bonds is 4. The summed E-state index contributed by atoms with van der Waals surface area (Å²) in [7, 11) is 0. The Morgan fingerprint density at radius 2 is 2.24 bits per heavy atom. The van der Waals surface area contributed by atoms with Gasteiger partial charge in [-0.1, -0.05) is 6.07 Å². The highest BCUT2D eigenvalue weighted by Crippen LogP contribution is 2.08. The van der Waals surface area contributed by atoms with Gasteiger partial charge in [0, 0.05) is 12.4 Å². The van der Waals surface area contributed by atoms with E-state index < -0.39 is 5.91 Å². The van der Waals surface area contributed by atoms with Crippen molar-refractivity contribution in [2.24, 2.45) is 0 Å². The largest absolute Gasteiger partial charge is 0.343 e. The summed E-state index contributed by atoms with van der Waals surface area (Å²) < 4.78 is 0. The van der Waals surface area contributed by atoms with E-state index >= 15 is 0 Å². The number of amides is 1. The van der Waals surface area contributed by atoms with E-state index in [1.54, 1.807) is 12.1 Å². The second-order valence-corrected chi connectivity index (χ2v) is 4.12. The number of thiophene rings is 1. The van der Waals surface area contributed by atoms with Crippen LogP contribution >= 0.6 is 11.3 Å². The Labute approximate surface area is 102 Å². The number of aromatic nitrogens is 2. The van der Waals surface area contributed by atoms with Crippen molar-refractivity contribution < 1.29 is 9.59 Å². The zero-order valence-corrected chi connectivity index (χ0v) is 9.61. The Bertz CT molecular complexity index is 511. The van der Waals surface area contributed by atoms with Gasteiger partial charge in [0.1, 0.15) is 5.69 Å². The number of carbonyl (C=O) groups excluding carboxylic acids is 2. The van der Waals surface area contributed by atoms with Crippen molar-refractivity contribution in [3.8, 4) is 0 Å². The number of hydrogen-bond donors (Lipinski definition) is 1. The van der Waals surface area contributed by atoms with Crippen LogP contribution in [0.25, 0.3) is 0 Å². The second kappa shape index (κ2) is 5.31. The van der Waals surface area contributed by atoms with Crippen molar-refractivity contribution in [1.82, 2.24) is 15.3 Å². The van der Waals surface area contributed by atoms with E-state index in [4.69, 9.17) is 0 Å². The van der Waals surface area contributed by atoms with Gasteiger partial charge in [0.25, 0.3) is 5.91 Å². The zero-order chi connectivity index (χ0) is 12.1. The van der Waals surface area contributed by atoms with Crippen molar-refractivity contribution >= 4 is 23.0 Å². The Balaban J connectivity index is 1.91. The van der Waals surface area contributed by atoms with Crippen LogP contribution in [0.1, 0.15) is 20.2 Å². The maximum atomic E-state index is 11.6. The summed E-state index contributed by atoms with van der Waals surface area (Å²) in [4.78, 5) is 31.4. The SMILES string of the molecule is O=C(NCC(=O)c1cccs1)c1cnccn1. The lowest BCUT2D eigenvalue weighted by Crippen LogP contribution is -2.29. The van der Waals surface area contributed by atoms with Crippen molar-refractivity contribution in [3.63, 3.8) is 0 Å². The summed E-state index contributed by atoms with van der Waals surface area (Å²) in [5, 5.41) is 4.32. The molecule has 0 atom stereocenters. The van der Waals surface area contributed by atoms with Crippen LogP contribution in [-0.2, 0) is 0 Å². The molecule has 1 amide bonds. The quantitative estimate of drug-likeness (QED) is 0.823. The van der Waals surface area contributed by atoms with Crippen LogP contribution in [0.5, 0.6) is 0 Å². The van der Waals surface area contributed by atoms with Crippen LogP contribution in [0.2, 0.25) is 0 Å². The molecule has 2 rings (SSSR count). The lowest BCUT2D eigenvalue weighted by atomic mass is 10.3. The van der Waals surface area contributed by atoms with Gasteiger partial charge in [-0.25, -0.2) is 4.98 Å². The van der Waals surface area contributed by atoms with Crippen molar-refractivity contribution in [2.45, 2.75) is 0 Å². The molecule has 0 aromatic carbocycles. The number of hydrogen-bond acceptors (Lipinski definition) is 5. The summed E-state index contributed by atoms with van der Waals surface area (Å²) in [5.41, 5.74) is 0.200. The van der Waals surface area contributed by atoms with Gasteiger partial charge in [0.2, 0.25) is 0 Å². The molecule has 1 N–H and O–H groups in total. The minimum Gasteiger partial charge on any atom is -0.343 e. The minimum absolute atomic E-state index is 0.0318. The average molecular weight is 247 g/mol. The molecule has 0 aliphatic heterocycles. The predicted octanol–water partition coefficient (Wildman–Crippen LogP) is 1.15. The molecule has 6 heteroatoms. The summed E-state index contributed by atoms with van der Waals surface area (Å²) in [6, 6.07) is 3.52. The molecule has 2 heterocycles. The third-order valence-electron chi connectivity index (χ3n) is 2.00. The number of Topliss-reactive ketones (excluding diaryl/α,β-unsaturated/α-hetero) is 1. The first-order valence-corrected chi connectivity index (χ1v) is 5.76. The Kier molecular flexibility index (Phi) is 3.56. The van der Waals surface area contributed by atoms with E-state index in [-0.39, 0.29) is 18.0 Å². The van der Waals surface area contributed by atoms with E-state index in [9.17, 15) is 9.59 Å². The summed E-state index contributed by atoms with van der Waals surface area (Å²) in [5.74, 6) is -0.514. The summed E-state index contributed by atoms with van der Waals surface area (Å²) in [6.07, 6.45) is 4.26. The van der Waals surface area contributed by atoms with E-state index in [2.05, 4.69) is 15.3 Å². The van der Waals surface area contributed by atoms with E-state index in [0.717, 1.165) is 0 Å². The van der Waals surface area contributed by atoms with Crippen LogP contribution in [0.4, 0.5) is 0 Å². The van der Waals surface area contributed by atoms with E-state index in [0.29, 0.717) is 4.88 Å². The van der Waals surface area contributed by atoms with Crippen LogP contribution in [0, 0.1) is 0 Å². The standard InChI is InChI=1S/C11H9N3O2S/c15-9(10-2-1-5-17-10)7-14-11(16)8-6-12-3-4-13-8/h1-6H,7H2,(H,14,16). The minimum atomic E-state index is -0.400. The number of ketones is 1. The molecule has 0 unspecified atom stereocenters. The molecule has 0 radical (unpaired) electrons. The molecule has 2 aromatic heterocycles. The second-order valence-electron chi connectivity index (χ2n) is 3.17. The molecule has 0 aliphatic carbocycles. The van der Waals surface area contributed by atoms with Gasteiger partial charge in [0.15, 0.2) is 5.78 Å². The summed E-state index contributed by atoms with van der Waals surface area (Å²) >= 11 is 1.35. The maximum Gasteiger partial charge on any atom is 0.271 e. The fourth-order valence-electron chi connectivity index (χ4n) is 1.19. The molecule has 5 nitrogen and oxygen atoms in total. The third-order valence-corrected chi connectivity index (χ3v) is 2.91. The van der Waals surface area contributed by atoms with Gasteiger partial charge >= 0.3 is 0 Å². The van der Waals surface area contributed by atoms with Gasteiger partial charge in [-0.15, -0.1) is 11.3 Å². The smallest absolute Gasteiger partial charge is 0.271 e. The average Bonchev–Trinajstić information content (AvgIpc) is 2.90. The first kappa shape index (κ1) is 11.4. The van der Waals surface area contributed by atoms with Gasteiger partial charge < -0.3 is 5.32 Å². The highest BCUT2D eigenvalue weighted by Gasteiger charge is 2.10. The molecule has 0 aliphatic rings. The van der Waals surface area contributed by atoms with Crippen LogP contribution in [-0.4, -0.2) is 28.2 Å². The van der Waals surface area contributed by atoms with Crippen LogP contribution in [0.15, 0.2) is 36.1 Å². The highest BCUT2D eigenvalue weighted by molar-refractivity contribution is 7.12. The van der Waals surface area contributed by atoms with Gasteiger partial charge in [0.05, 0.1) is 17.6 Å². The van der Waals surface area contributed by atoms with Crippen molar-refractivity contribution in [3.05, 3.63) is 46.7 Å². The number of nitrogens with one attached hydrogen (secondary N) is 1.